The summed E-state index contributed by atoms with van der Waals surface area (Å²) >= 11 is 0. The number of aliphatic hydroxyl groups is 1. The molecule has 0 aromatic carbocycles. The summed E-state index contributed by atoms with van der Waals surface area (Å²) in [5.74, 6) is 0.466. The van der Waals surface area contributed by atoms with Crippen molar-refractivity contribution in [3.05, 3.63) is 0 Å². The molecule has 0 aromatic heterocycles. The van der Waals surface area contributed by atoms with Crippen LogP contribution < -0.4 is 0 Å². The summed E-state index contributed by atoms with van der Waals surface area (Å²) in [5.41, 5.74) is 0.108. The maximum absolute atomic E-state index is 10.6. The summed E-state index contributed by atoms with van der Waals surface area (Å²) in [5, 5.41) is 10.6. The fraction of sp³-hybridized carbons (Fsp3) is 1.00. The molecule has 112 valence electrons. The normalized spacial score (nSPS) is 33.8. The van der Waals surface area contributed by atoms with E-state index in [1.54, 1.807) is 0 Å². The van der Waals surface area contributed by atoms with E-state index in [1.165, 1.54) is 45.2 Å². The Morgan fingerprint density at radius 1 is 1.21 bits per heavy atom. The summed E-state index contributed by atoms with van der Waals surface area (Å²) in [4.78, 5) is 4.94. The molecule has 2 atom stereocenters. The zero-order valence-corrected chi connectivity index (χ0v) is 13.2. The standard InChI is InChI=1S/C16H32N2O/c1-16(2)9-5-6-13(15(16)19)12-18(4)14-7-10-17(3)11-8-14/h13-15,19H,5-12H2,1-4H3. The Balaban J connectivity index is 1.86. The third-order valence-electron chi connectivity index (χ3n) is 5.48. The first-order valence-corrected chi connectivity index (χ1v) is 7.97. The maximum Gasteiger partial charge on any atom is 0.0631 e. The summed E-state index contributed by atoms with van der Waals surface area (Å²) in [6.07, 6.45) is 6.06. The first-order chi connectivity index (χ1) is 8.90. The first kappa shape index (κ1) is 15.3. The molecule has 0 amide bonds. The summed E-state index contributed by atoms with van der Waals surface area (Å²) in [6.45, 7) is 7.94. The summed E-state index contributed by atoms with van der Waals surface area (Å²) in [7, 11) is 4.47. The van der Waals surface area contributed by atoms with Crippen LogP contribution in [0.5, 0.6) is 0 Å². The van der Waals surface area contributed by atoms with Gasteiger partial charge in [-0.15, -0.1) is 0 Å². The van der Waals surface area contributed by atoms with Crippen LogP contribution in [0.4, 0.5) is 0 Å². The predicted octanol–water partition coefficient (Wildman–Crippen LogP) is 2.20. The van der Waals surface area contributed by atoms with Gasteiger partial charge in [0.15, 0.2) is 0 Å². The highest BCUT2D eigenvalue weighted by Crippen LogP contribution is 2.39. The molecule has 1 N–H and O–H groups in total. The summed E-state index contributed by atoms with van der Waals surface area (Å²) in [6, 6.07) is 0.716. The SMILES string of the molecule is CN1CCC(N(C)CC2CCCC(C)(C)C2O)CC1. The number of piperidine rings is 1. The lowest BCUT2D eigenvalue weighted by atomic mass is 9.69. The fourth-order valence-corrected chi connectivity index (χ4v) is 3.91. The minimum absolute atomic E-state index is 0.108. The van der Waals surface area contributed by atoms with Crippen LogP contribution in [0.25, 0.3) is 0 Å². The number of likely N-dealkylation sites (tertiary alicyclic amines) is 1. The number of aliphatic hydroxyl groups excluding tert-OH is 1. The van der Waals surface area contributed by atoms with Crippen LogP contribution in [0.1, 0.15) is 46.0 Å². The third-order valence-corrected chi connectivity index (χ3v) is 5.48. The van der Waals surface area contributed by atoms with Gasteiger partial charge in [-0.1, -0.05) is 20.3 Å². The van der Waals surface area contributed by atoms with Gasteiger partial charge in [0.25, 0.3) is 0 Å². The Morgan fingerprint density at radius 3 is 2.47 bits per heavy atom. The minimum Gasteiger partial charge on any atom is -0.392 e. The quantitative estimate of drug-likeness (QED) is 0.850. The second kappa shape index (κ2) is 6.11. The molecule has 0 aromatic rings. The van der Waals surface area contributed by atoms with Gasteiger partial charge in [-0.2, -0.15) is 0 Å². The molecule has 3 nitrogen and oxygen atoms in total. The Bertz CT molecular complexity index is 284. The molecule has 0 radical (unpaired) electrons. The molecule has 1 heterocycles. The molecule has 2 unspecified atom stereocenters. The van der Waals surface area contributed by atoms with Gasteiger partial charge < -0.3 is 14.9 Å². The van der Waals surface area contributed by atoms with Crippen molar-refractivity contribution in [2.24, 2.45) is 11.3 Å². The average Bonchev–Trinajstić information content (AvgIpc) is 2.35. The molecule has 1 aliphatic heterocycles. The molecule has 1 aliphatic carbocycles. The zero-order valence-electron chi connectivity index (χ0n) is 13.2. The predicted molar refractivity (Wildman–Crippen MR) is 80.3 cm³/mol. The number of hydrogen-bond donors (Lipinski definition) is 1. The van der Waals surface area contributed by atoms with E-state index in [-0.39, 0.29) is 11.5 Å². The van der Waals surface area contributed by atoms with Gasteiger partial charge in [0.1, 0.15) is 0 Å². The molecular weight excluding hydrogens is 236 g/mol. The Hall–Kier alpha value is -0.120. The molecule has 1 saturated heterocycles. The zero-order chi connectivity index (χ0) is 14.0. The minimum atomic E-state index is -0.130. The van der Waals surface area contributed by atoms with Gasteiger partial charge >= 0.3 is 0 Å². The van der Waals surface area contributed by atoms with Crippen molar-refractivity contribution in [3.63, 3.8) is 0 Å². The molecule has 2 rings (SSSR count). The first-order valence-electron chi connectivity index (χ1n) is 7.97. The highest BCUT2D eigenvalue weighted by Gasteiger charge is 2.38. The van der Waals surface area contributed by atoms with E-state index in [4.69, 9.17) is 0 Å². The Kier molecular flexibility index (Phi) is 4.91. The van der Waals surface area contributed by atoms with Gasteiger partial charge in [0.2, 0.25) is 0 Å². The second-order valence-corrected chi connectivity index (χ2v) is 7.56. The van der Waals surface area contributed by atoms with Crippen LogP contribution in [0.3, 0.4) is 0 Å². The van der Waals surface area contributed by atoms with Crippen molar-refractivity contribution >= 4 is 0 Å². The smallest absolute Gasteiger partial charge is 0.0631 e. The van der Waals surface area contributed by atoms with Crippen LogP contribution in [0, 0.1) is 11.3 Å². The van der Waals surface area contributed by atoms with Crippen molar-refractivity contribution < 1.29 is 5.11 Å². The number of nitrogens with zero attached hydrogens (tertiary/aromatic N) is 2. The van der Waals surface area contributed by atoms with E-state index in [9.17, 15) is 5.11 Å². The Morgan fingerprint density at radius 2 is 1.84 bits per heavy atom. The second-order valence-electron chi connectivity index (χ2n) is 7.56. The molecule has 19 heavy (non-hydrogen) atoms. The van der Waals surface area contributed by atoms with Gasteiger partial charge in [0.05, 0.1) is 6.10 Å². The van der Waals surface area contributed by atoms with Crippen LogP contribution >= 0.6 is 0 Å². The van der Waals surface area contributed by atoms with Gasteiger partial charge in [0, 0.05) is 12.6 Å². The van der Waals surface area contributed by atoms with Crippen LogP contribution in [-0.2, 0) is 0 Å². The van der Waals surface area contributed by atoms with E-state index in [0.717, 1.165) is 6.54 Å². The highest BCUT2D eigenvalue weighted by molar-refractivity contribution is 4.90. The maximum atomic E-state index is 10.6. The highest BCUT2D eigenvalue weighted by atomic mass is 16.3. The molecule has 1 saturated carbocycles. The van der Waals surface area contributed by atoms with Gasteiger partial charge in [-0.25, -0.2) is 0 Å². The average molecular weight is 268 g/mol. The largest absolute Gasteiger partial charge is 0.392 e. The lowest BCUT2D eigenvalue weighted by molar-refractivity contribution is -0.0460. The van der Waals surface area contributed by atoms with Crippen molar-refractivity contribution in [2.45, 2.75) is 58.1 Å². The van der Waals surface area contributed by atoms with Crippen molar-refractivity contribution in [1.82, 2.24) is 9.80 Å². The van der Waals surface area contributed by atoms with Gasteiger partial charge in [-0.05, 0) is 64.2 Å². The van der Waals surface area contributed by atoms with Crippen molar-refractivity contribution in [2.75, 3.05) is 33.7 Å². The van der Waals surface area contributed by atoms with Crippen LogP contribution in [0.2, 0.25) is 0 Å². The van der Waals surface area contributed by atoms with E-state index in [1.807, 2.05) is 0 Å². The molecule has 0 spiro atoms. The van der Waals surface area contributed by atoms with E-state index in [0.29, 0.717) is 12.0 Å². The third kappa shape index (κ3) is 3.71. The monoisotopic (exact) mass is 268 g/mol. The topological polar surface area (TPSA) is 26.7 Å². The summed E-state index contributed by atoms with van der Waals surface area (Å²) < 4.78 is 0. The fourth-order valence-electron chi connectivity index (χ4n) is 3.91. The molecule has 2 fully saturated rings. The number of hydrogen-bond acceptors (Lipinski definition) is 3. The van der Waals surface area contributed by atoms with E-state index >= 15 is 0 Å². The van der Waals surface area contributed by atoms with Crippen LogP contribution in [-0.4, -0.2) is 60.8 Å². The molecule has 0 bridgehead atoms. The Labute approximate surface area is 119 Å². The lowest BCUT2D eigenvalue weighted by Gasteiger charge is -2.44. The van der Waals surface area contributed by atoms with Crippen molar-refractivity contribution in [1.29, 1.82) is 0 Å². The van der Waals surface area contributed by atoms with E-state index in [2.05, 4.69) is 37.7 Å². The molecule has 2 aliphatic rings. The van der Waals surface area contributed by atoms with Gasteiger partial charge in [-0.3, -0.25) is 0 Å². The number of rotatable bonds is 3. The molecule has 3 heteroatoms. The van der Waals surface area contributed by atoms with Crippen molar-refractivity contribution in [3.8, 4) is 0 Å². The van der Waals surface area contributed by atoms with E-state index < -0.39 is 0 Å². The molecular formula is C16H32N2O. The lowest BCUT2D eigenvalue weighted by Crippen LogP contribution is -2.48. The van der Waals surface area contributed by atoms with Crippen LogP contribution in [0.15, 0.2) is 0 Å².